The van der Waals surface area contributed by atoms with Crippen LogP contribution in [0, 0.1) is 0 Å². The van der Waals surface area contributed by atoms with Crippen molar-refractivity contribution in [2.45, 2.75) is 18.8 Å². The molecule has 1 saturated heterocycles. The molecular formula is C16H18N6O. The Bertz CT molecular complexity index is 677. The van der Waals surface area contributed by atoms with Crippen molar-refractivity contribution in [2.75, 3.05) is 31.1 Å². The van der Waals surface area contributed by atoms with Gasteiger partial charge in [0.25, 0.3) is 5.91 Å². The van der Waals surface area contributed by atoms with Gasteiger partial charge in [-0.3, -0.25) is 4.79 Å². The van der Waals surface area contributed by atoms with Gasteiger partial charge in [0.05, 0.1) is 5.69 Å². The Hall–Kier alpha value is -2.57. The van der Waals surface area contributed by atoms with Gasteiger partial charge >= 0.3 is 0 Å². The van der Waals surface area contributed by atoms with Gasteiger partial charge in [-0.05, 0) is 31.0 Å². The number of carbonyl (C=O) groups excluding carboxylic acids is 1. The molecule has 2 aromatic heterocycles. The van der Waals surface area contributed by atoms with Crippen molar-refractivity contribution in [2.24, 2.45) is 0 Å². The molecule has 1 aliphatic carbocycles. The first-order valence-corrected chi connectivity index (χ1v) is 7.96. The molecular weight excluding hydrogens is 292 g/mol. The highest BCUT2D eigenvalue weighted by molar-refractivity contribution is 5.90. The van der Waals surface area contributed by atoms with Gasteiger partial charge in [0.2, 0.25) is 5.82 Å². The molecule has 7 nitrogen and oxygen atoms in total. The van der Waals surface area contributed by atoms with Crippen molar-refractivity contribution in [3.05, 3.63) is 42.1 Å². The van der Waals surface area contributed by atoms with Crippen LogP contribution in [0.2, 0.25) is 0 Å². The van der Waals surface area contributed by atoms with E-state index in [1.165, 1.54) is 12.8 Å². The summed E-state index contributed by atoms with van der Waals surface area (Å²) in [5.74, 6) is 1.66. The third-order valence-electron chi connectivity index (χ3n) is 4.31. The first-order valence-electron chi connectivity index (χ1n) is 7.96. The predicted molar refractivity (Wildman–Crippen MR) is 84.2 cm³/mol. The van der Waals surface area contributed by atoms with Crippen LogP contribution < -0.4 is 4.90 Å². The minimum absolute atomic E-state index is 0.111. The molecule has 0 radical (unpaired) electrons. The largest absolute Gasteiger partial charge is 0.352 e. The lowest BCUT2D eigenvalue weighted by atomic mass is 10.2. The van der Waals surface area contributed by atoms with Crippen molar-refractivity contribution in [1.82, 2.24) is 25.1 Å². The van der Waals surface area contributed by atoms with E-state index >= 15 is 0 Å². The van der Waals surface area contributed by atoms with Gasteiger partial charge < -0.3 is 9.80 Å². The molecule has 0 unspecified atom stereocenters. The zero-order valence-corrected chi connectivity index (χ0v) is 12.8. The summed E-state index contributed by atoms with van der Waals surface area (Å²) in [4.78, 5) is 24.3. The molecule has 1 aliphatic heterocycles. The lowest BCUT2D eigenvalue weighted by molar-refractivity contribution is 0.0734. The summed E-state index contributed by atoms with van der Waals surface area (Å²) in [6.45, 7) is 2.78. The molecule has 118 valence electrons. The number of anilines is 1. The van der Waals surface area contributed by atoms with Crippen molar-refractivity contribution < 1.29 is 4.79 Å². The Morgan fingerprint density at radius 3 is 2.35 bits per heavy atom. The molecule has 2 aliphatic rings. The molecule has 4 rings (SSSR count). The zero-order valence-electron chi connectivity index (χ0n) is 12.8. The Kier molecular flexibility index (Phi) is 3.61. The van der Waals surface area contributed by atoms with E-state index in [2.05, 4.69) is 31.1 Å². The summed E-state index contributed by atoms with van der Waals surface area (Å²) < 4.78 is 0. The number of hydrogen-bond donors (Lipinski definition) is 0. The molecule has 0 bridgehead atoms. The van der Waals surface area contributed by atoms with E-state index < -0.39 is 0 Å². The highest BCUT2D eigenvalue weighted by Gasteiger charge is 2.27. The van der Waals surface area contributed by atoms with Gasteiger partial charge in [0.15, 0.2) is 5.82 Å². The molecule has 0 spiro atoms. The van der Waals surface area contributed by atoms with Crippen molar-refractivity contribution in [1.29, 1.82) is 0 Å². The number of nitrogens with zero attached hydrogens (tertiary/aromatic N) is 6. The molecule has 0 atom stereocenters. The SMILES string of the molecule is O=C(c1ncccn1)N1CCN(c2ccc(C3CC3)nn2)CC1. The fraction of sp³-hybridized carbons (Fsp3) is 0.438. The normalized spacial score (nSPS) is 18.1. The second-order valence-electron chi connectivity index (χ2n) is 5.94. The Morgan fingerprint density at radius 1 is 1.00 bits per heavy atom. The van der Waals surface area contributed by atoms with E-state index in [4.69, 9.17) is 0 Å². The van der Waals surface area contributed by atoms with Crippen molar-refractivity contribution >= 4 is 11.7 Å². The van der Waals surface area contributed by atoms with Crippen LogP contribution in [0.25, 0.3) is 0 Å². The Morgan fingerprint density at radius 2 is 1.74 bits per heavy atom. The van der Waals surface area contributed by atoms with Gasteiger partial charge in [0.1, 0.15) is 0 Å². The summed E-state index contributed by atoms with van der Waals surface area (Å²) in [6, 6.07) is 5.83. The summed E-state index contributed by atoms with van der Waals surface area (Å²) in [6.07, 6.45) is 5.65. The van der Waals surface area contributed by atoms with Gasteiger partial charge in [-0.2, -0.15) is 5.10 Å². The van der Waals surface area contributed by atoms with E-state index in [9.17, 15) is 4.79 Å². The standard InChI is InChI=1S/C16H18N6O/c23-16(15-17-6-1-7-18-15)22-10-8-21(9-11-22)14-5-4-13(19-20-14)12-2-3-12/h1,4-7,12H,2-3,8-11H2. The third-order valence-corrected chi connectivity index (χ3v) is 4.31. The fourth-order valence-corrected chi connectivity index (χ4v) is 2.79. The van der Waals surface area contributed by atoms with E-state index in [1.807, 2.05) is 6.07 Å². The van der Waals surface area contributed by atoms with Crippen LogP contribution in [0.3, 0.4) is 0 Å². The van der Waals surface area contributed by atoms with Gasteiger partial charge in [-0.25, -0.2) is 9.97 Å². The van der Waals surface area contributed by atoms with Crippen LogP contribution in [0.15, 0.2) is 30.6 Å². The minimum Gasteiger partial charge on any atom is -0.352 e. The smallest absolute Gasteiger partial charge is 0.291 e. The average molecular weight is 310 g/mol. The zero-order chi connectivity index (χ0) is 15.6. The first-order chi connectivity index (χ1) is 11.3. The average Bonchev–Trinajstić information content (AvgIpc) is 3.47. The molecule has 7 heteroatoms. The fourth-order valence-electron chi connectivity index (χ4n) is 2.79. The van der Waals surface area contributed by atoms with E-state index in [0.717, 1.165) is 24.6 Å². The summed E-state index contributed by atoms with van der Waals surface area (Å²) >= 11 is 0. The Labute approximate surface area is 134 Å². The third kappa shape index (κ3) is 2.99. The number of piperazine rings is 1. The van der Waals surface area contributed by atoms with E-state index in [1.54, 1.807) is 23.4 Å². The molecule has 0 N–H and O–H groups in total. The highest BCUT2D eigenvalue weighted by atomic mass is 16.2. The second kappa shape index (κ2) is 5.91. The van der Waals surface area contributed by atoms with Crippen molar-refractivity contribution in [3.8, 4) is 0 Å². The maximum atomic E-state index is 12.3. The number of aromatic nitrogens is 4. The Balaban J connectivity index is 1.37. The number of carbonyl (C=O) groups is 1. The maximum absolute atomic E-state index is 12.3. The van der Waals surface area contributed by atoms with E-state index in [-0.39, 0.29) is 11.7 Å². The molecule has 2 fully saturated rings. The summed E-state index contributed by atoms with van der Waals surface area (Å²) in [7, 11) is 0. The topological polar surface area (TPSA) is 75.1 Å². The summed E-state index contributed by atoms with van der Waals surface area (Å²) in [5, 5.41) is 8.66. The predicted octanol–water partition coefficient (Wildman–Crippen LogP) is 1.11. The molecule has 1 saturated carbocycles. The minimum atomic E-state index is -0.111. The van der Waals surface area contributed by atoms with Crippen molar-refractivity contribution in [3.63, 3.8) is 0 Å². The molecule has 3 heterocycles. The quantitative estimate of drug-likeness (QED) is 0.845. The molecule has 0 aromatic carbocycles. The number of rotatable bonds is 3. The van der Waals surface area contributed by atoms with Gasteiger partial charge in [-0.1, -0.05) is 0 Å². The first kappa shape index (κ1) is 14.0. The number of hydrogen-bond acceptors (Lipinski definition) is 6. The number of amides is 1. The maximum Gasteiger partial charge on any atom is 0.291 e. The highest BCUT2D eigenvalue weighted by Crippen LogP contribution is 2.38. The van der Waals surface area contributed by atoms with Gasteiger partial charge in [0, 0.05) is 44.5 Å². The molecule has 2 aromatic rings. The molecule has 1 amide bonds. The van der Waals surface area contributed by atoms with Crippen LogP contribution in [0.5, 0.6) is 0 Å². The lowest BCUT2D eigenvalue weighted by Gasteiger charge is -2.34. The van der Waals surface area contributed by atoms with Crippen LogP contribution in [-0.2, 0) is 0 Å². The van der Waals surface area contributed by atoms with Crippen LogP contribution in [-0.4, -0.2) is 57.2 Å². The van der Waals surface area contributed by atoms with Crippen LogP contribution >= 0.6 is 0 Å². The van der Waals surface area contributed by atoms with E-state index in [0.29, 0.717) is 19.0 Å². The second-order valence-corrected chi connectivity index (χ2v) is 5.94. The lowest BCUT2D eigenvalue weighted by Crippen LogP contribution is -2.49. The van der Waals surface area contributed by atoms with Crippen LogP contribution in [0.1, 0.15) is 35.1 Å². The van der Waals surface area contributed by atoms with Gasteiger partial charge in [-0.15, -0.1) is 5.10 Å². The van der Waals surface area contributed by atoms with Crippen LogP contribution in [0.4, 0.5) is 5.82 Å². The summed E-state index contributed by atoms with van der Waals surface area (Å²) in [5.41, 5.74) is 1.10. The monoisotopic (exact) mass is 310 g/mol. The molecule has 23 heavy (non-hydrogen) atoms.